The molecule has 0 saturated heterocycles. The number of nitrogens with zero attached hydrogens (tertiary/aromatic N) is 1. The minimum atomic E-state index is -5.81. The summed E-state index contributed by atoms with van der Waals surface area (Å²) >= 11 is 0. The zero-order chi connectivity index (χ0) is 15.2. The molecule has 0 unspecified atom stereocenters. The summed E-state index contributed by atoms with van der Waals surface area (Å²) in [6.45, 7) is 0. The van der Waals surface area contributed by atoms with Crippen LogP contribution in [0.25, 0.3) is 0 Å². The SMILES string of the molecule is Fc1cc(C(F)(F)F)c(C(F)(F)F)nc1C(F)(F)F. The van der Waals surface area contributed by atoms with Gasteiger partial charge in [-0.3, -0.25) is 0 Å². The van der Waals surface area contributed by atoms with Crippen molar-refractivity contribution in [3.8, 4) is 0 Å². The summed E-state index contributed by atoms with van der Waals surface area (Å²) in [4.78, 5) is 1.74. The van der Waals surface area contributed by atoms with E-state index in [2.05, 4.69) is 0 Å². The second-order valence-electron chi connectivity index (χ2n) is 3.21. The number of aromatic nitrogens is 1. The monoisotopic (exact) mass is 301 g/mol. The minimum absolute atomic E-state index is 0.876. The first-order chi connectivity index (χ1) is 8.24. The summed E-state index contributed by atoms with van der Waals surface area (Å²) < 4.78 is 122. The van der Waals surface area contributed by atoms with Crippen LogP contribution in [-0.2, 0) is 18.5 Å². The molecule has 0 radical (unpaired) electrons. The Labute approximate surface area is 97.4 Å². The van der Waals surface area contributed by atoms with Crippen LogP contribution in [0.3, 0.4) is 0 Å². The molecule has 11 heteroatoms. The van der Waals surface area contributed by atoms with Gasteiger partial charge in [0.05, 0.1) is 5.56 Å². The molecule has 0 fully saturated rings. The molecule has 0 aliphatic rings. The highest BCUT2D eigenvalue weighted by atomic mass is 19.4. The standard InChI is InChI=1S/C8HF10N/c9-3-1-2(6(10,11)12)4(7(13,14)15)19-5(3)8(16,17)18/h1H. The largest absolute Gasteiger partial charge is 0.436 e. The fourth-order valence-electron chi connectivity index (χ4n) is 1.12. The molecule has 0 N–H and O–H groups in total. The highest BCUT2D eigenvalue weighted by Gasteiger charge is 2.48. The predicted octanol–water partition coefficient (Wildman–Crippen LogP) is 4.28. The lowest BCUT2D eigenvalue weighted by Gasteiger charge is -2.17. The number of pyridine rings is 1. The van der Waals surface area contributed by atoms with Gasteiger partial charge in [0, 0.05) is 0 Å². The quantitative estimate of drug-likeness (QED) is 0.652. The average Bonchev–Trinajstić information content (AvgIpc) is 2.11. The molecule has 19 heavy (non-hydrogen) atoms. The maximum atomic E-state index is 12.8. The lowest BCUT2D eigenvalue weighted by molar-refractivity contribution is -0.168. The van der Waals surface area contributed by atoms with Crippen LogP contribution in [0.5, 0.6) is 0 Å². The van der Waals surface area contributed by atoms with Crippen LogP contribution in [0.4, 0.5) is 43.9 Å². The van der Waals surface area contributed by atoms with Gasteiger partial charge in [-0.25, -0.2) is 9.37 Å². The number of hydrogen-bond donors (Lipinski definition) is 0. The van der Waals surface area contributed by atoms with E-state index < -0.39 is 47.4 Å². The van der Waals surface area contributed by atoms with Crippen molar-refractivity contribution in [3.63, 3.8) is 0 Å². The molecule has 1 aromatic heterocycles. The Hall–Kier alpha value is -1.55. The van der Waals surface area contributed by atoms with Crippen LogP contribution in [0.15, 0.2) is 6.07 Å². The van der Waals surface area contributed by atoms with Crippen LogP contribution in [0.1, 0.15) is 17.0 Å². The van der Waals surface area contributed by atoms with Crippen LogP contribution in [0.2, 0.25) is 0 Å². The molecule has 1 rings (SSSR count). The third-order valence-electron chi connectivity index (χ3n) is 1.82. The van der Waals surface area contributed by atoms with Crippen LogP contribution in [-0.4, -0.2) is 4.98 Å². The van der Waals surface area contributed by atoms with E-state index in [1.165, 1.54) is 0 Å². The molecule has 0 aliphatic carbocycles. The normalized spacial score (nSPS) is 13.8. The van der Waals surface area contributed by atoms with Crippen molar-refractivity contribution in [2.45, 2.75) is 18.5 Å². The van der Waals surface area contributed by atoms with Crippen LogP contribution < -0.4 is 0 Å². The molecule has 0 bridgehead atoms. The van der Waals surface area contributed by atoms with Crippen molar-refractivity contribution in [3.05, 3.63) is 28.8 Å². The molecule has 1 nitrogen and oxygen atoms in total. The lowest BCUT2D eigenvalue weighted by Crippen LogP contribution is -2.23. The number of hydrogen-bond acceptors (Lipinski definition) is 1. The van der Waals surface area contributed by atoms with E-state index in [-0.39, 0.29) is 0 Å². The summed E-state index contributed by atoms with van der Waals surface area (Å²) in [6, 6.07) is -0.876. The van der Waals surface area contributed by atoms with Gasteiger partial charge in [0.2, 0.25) is 0 Å². The molecule has 0 atom stereocenters. The maximum absolute atomic E-state index is 12.8. The fourth-order valence-corrected chi connectivity index (χ4v) is 1.12. The topological polar surface area (TPSA) is 12.9 Å². The second kappa shape index (κ2) is 4.23. The van der Waals surface area contributed by atoms with Crippen molar-refractivity contribution in [2.24, 2.45) is 0 Å². The second-order valence-corrected chi connectivity index (χ2v) is 3.21. The highest BCUT2D eigenvalue weighted by molar-refractivity contribution is 5.30. The van der Waals surface area contributed by atoms with Gasteiger partial charge in [0.1, 0.15) is 0 Å². The van der Waals surface area contributed by atoms with E-state index >= 15 is 0 Å². The van der Waals surface area contributed by atoms with Crippen molar-refractivity contribution in [1.29, 1.82) is 0 Å². The van der Waals surface area contributed by atoms with Gasteiger partial charge >= 0.3 is 18.5 Å². The number of halogens is 10. The maximum Gasteiger partial charge on any atom is 0.436 e. The molecule has 0 amide bonds. The molecule has 0 spiro atoms. The third-order valence-corrected chi connectivity index (χ3v) is 1.82. The average molecular weight is 301 g/mol. The summed E-state index contributed by atoms with van der Waals surface area (Å²) in [5.74, 6) is -2.53. The fraction of sp³-hybridized carbons (Fsp3) is 0.375. The van der Waals surface area contributed by atoms with E-state index in [1.807, 2.05) is 0 Å². The van der Waals surface area contributed by atoms with Gasteiger partial charge in [-0.15, -0.1) is 0 Å². The van der Waals surface area contributed by atoms with Gasteiger partial charge in [-0.1, -0.05) is 0 Å². The smallest absolute Gasteiger partial charge is 0.235 e. The van der Waals surface area contributed by atoms with Crippen molar-refractivity contribution in [2.75, 3.05) is 0 Å². The molecule has 0 saturated carbocycles. The first-order valence-corrected chi connectivity index (χ1v) is 4.16. The van der Waals surface area contributed by atoms with Gasteiger partial charge in [0.15, 0.2) is 17.2 Å². The Bertz CT molecular complexity index is 480. The Morgan fingerprint density at radius 3 is 1.42 bits per heavy atom. The molecule has 1 heterocycles. The summed E-state index contributed by atoms with van der Waals surface area (Å²) in [5, 5.41) is 0. The van der Waals surface area contributed by atoms with Gasteiger partial charge in [-0.05, 0) is 6.07 Å². The zero-order valence-electron chi connectivity index (χ0n) is 8.30. The molecule has 0 aromatic carbocycles. The van der Waals surface area contributed by atoms with Crippen molar-refractivity contribution < 1.29 is 43.9 Å². The Morgan fingerprint density at radius 2 is 1.11 bits per heavy atom. The zero-order valence-corrected chi connectivity index (χ0v) is 8.30. The van der Waals surface area contributed by atoms with Crippen molar-refractivity contribution in [1.82, 2.24) is 4.98 Å². The molecule has 108 valence electrons. The van der Waals surface area contributed by atoms with E-state index in [0.29, 0.717) is 0 Å². The third kappa shape index (κ3) is 3.26. The Balaban J connectivity index is 3.66. The summed E-state index contributed by atoms with van der Waals surface area (Å²) in [5.41, 5.74) is -8.12. The molecule has 0 aliphatic heterocycles. The predicted molar refractivity (Wildman–Crippen MR) is 39.2 cm³/mol. The van der Waals surface area contributed by atoms with E-state index in [9.17, 15) is 43.9 Å². The molecule has 1 aromatic rings. The van der Waals surface area contributed by atoms with Crippen LogP contribution in [0, 0.1) is 5.82 Å². The van der Waals surface area contributed by atoms with E-state index in [1.54, 1.807) is 4.98 Å². The van der Waals surface area contributed by atoms with Gasteiger partial charge in [0.25, 0.3) is 0 Å². The van der Waals surface area contributed by atoms with Crippen molar-refractivity contribution >= 4 is 0 Å². The molecular weight excluding hydrogens is 300 g/mol. The first-order valence-electron chi connectivity index (χ1n) is 4.16. The highest BCUT2D eigenvalue weighted by Crippen LogP contribution is 2.41. The van der Waals surface area contributed by atoms with Crippen LogP contribution >= 0.6 is 0 Å². The Morgan fingerprint density at radius 1 is 0.684 bits per heavy atom. The van der Waals surface area contributed by atoms with Gasteiger partial charge < -0.3 is 0 Å². The first kappa shape index (κ1) is 15.5. The molecular formula is C8HF10N. The lowest BCUT2D eigenvalue weighted by atomic mass is 10.1. The summed E-state index contributed by atoms with van der Waals surface area (Å²) in [6.07, 6.45) is -17.1. The number of rotatable bonds is 0. The summed E-state index contributed by atoms with van der Waals surface area (Å²) in [7, 11) is 0. The number of alkyl halides is 9. The van der Waals surface area contributed by atoms with E-state index in [0.717, 1.165) is 0 Å². The minimum Gasteiger partial charge on any atom is -0.235 e. The van der Waals surface area contributed by atoms with Gasteiger partial charge in [-0.2, -0.15) is 39.5 Å². The Kier molecular flexibility index (Phi) is 3.46. The van der Waals surface area contributed by atoms with E-state index in [4.69, 9.17) is 0 Å².